The second-order valence-electron chi connectivity index (χ2n) is 3.98. The van der Waals surface area contributed by atoms with Crippen LogP contribution in [0.4, 0.5) is 12.7 Å². The van der Waals surface area contributed by atoms with Gasteiger partial charge < -0.3 is 0 Å². The second kappa shape index (κ2) is 2.21. The van der Waals surface area contributed by atoms with Crippen LogP contribution in [0.3, 0.4) is 0 Å². The van der Waals surface area contributed by atoms with E-state index in [9.17, 15) is 21.1 Å². The minimum absolute atomic E-state index is 0.156. The minimum Gasteiger partial charge on any atom is -0.206 e. The topological polar surface area (TPSA) is 34.1 Å². The number of rotatable bonds is 2. The summed E-state index contributed by atoms with van der Waals surface area (Å²) >= 11 is 0. The lowest BCUT2D eigenvalue weighted by Crippen LogP contribution is -2.32. The normalized spacial score (nSPS) is 41.6. The Labute approximate surface area is 74.3 Å². The van der Waals surface area contributed by atoms with Crippen molar-refractivity contribution in [3.63, 3.8) is 0 Å². The maximum Gasteiger partial charge on any atom is 0.303 e. The maximum atomic E-state index is 13.1. The number of halogens is 3. The molecule has 0 spiro atoms. The van der Waals surface area contributed by atoms with Gasteiger partial charge in [0.1, 0.15) is 0 Å². The molecule has 13 heavy (non-hydrogen) atoms. The summed E-state index contributed by atoms with van der Waals surface area (Å²) in [4.78, 5) is 0. The molecule has 0 aromatic heterocycles. The van der Waals surface area contributed by atoms with E-state index in [0.29, 0.717) is 6.42 Å². The summed E-state index contributed by atoms with van der Waals surface area (Å²) in [6.07, 6.45) is 0.179. The average Bonchev–Trinajstić information content (AvgIpc) is 2.51. The smallest absolute Gasteiger partial charge is 0.206 e. The molecule has 2 fully saturated rings. The minimum atomic E-state index is -4.78. The van der Waals surface area contributed by atoms with Crippen molar-refractivity contribution >= 4 is 10.2 Å². The van der Waals surface area contributed by atoms with Gasteiger partial charge in [-0.1, -0.05) is 0 Å². The average molecular weight is 214 g/mol. The van der Waals surface area contributed by atoms with E-state index in [-0.39, 0.29) is 18.8 Å². The highest BCUT2D eigenvalue weighted by Gasteiger charge is 2.74. The standard InChI is InChI=1S/C7H9F3O2S/c8-7(9)2-1-5-3-6(5,7)4-13(10,11)12/h5H,1-4H2/t5-,6-/m1/s1. The molecule has 0 aliphatic heterocycles. The zero-order valence-electron chi connectivity index (χ0n) is 6.76. The molecule has 2 aliphatic rings. The number of fused-ring (bicyclic) bond motifs is 1. The van der Waals surface area contributed by atoms with Crippen LogP contribution in [0.15, 0.2) is 0 Å². The fourth-order valence-electron chi connectivity index (χ4n) is 2.40. The molecule has 2 rings (SSSR count). The first-order chi connectivity index (χ1) is 5.77. The molecule has 0 radical (unpaired) electrons. The van der Waals surface area contributed by atoms with Gasteiger partial charge in [-0.25, -0.2) is 8.78 Å². The molecule has 2 nitrogen and oxygen atoms in total. The molecule has 76 valence electrons. The van der Waals surface area contributed by atoms with E-state index >= 15 is 0 Å². The van der Waals surface area contributed by atoms with Crippen LogP contribution in [0, 0.1) is 11.3 Å². The van der Waals surface area contributed by atoms with E-state index < -0.39 is 27.3 Å². The van der Waals surface area contributed by atoms with E-state index in [0.717, 1.165) is 0 Å². The Bertz CT molecular complexity index is 338. The Hall–Kier alpha value is -0.260. The van der Waals surface area contributed by atoms with Gasteiger partial charge in [0, 0.05) is 6.42 Å². The number of alkyl halides is 2. The zero-order chi connectivity index (χ0) is 9.91. The Kier molecular flexibility index (Phi) is 1.58. The van der Waals surface area contributed by atoms with Crippen molar-refractivity contribution in [1.29, 1.82) is 0 Å². The lowest BCUT2D eigenvalue weighted by Gasteiger charge is -2.20. The van der Waals surface area contributed by atoms with Crippen LogP contribution in [0.1, 0.15) is 19.3 Å². The third-order valence-corrected chi connectivity index (χ3v) is 4.06. The monoisotopic (exact) mass is 214 g/mol. The van der Waals surface area contributed by atoms with Crippen LogP contribution in [-0.4, -0.2) is 20.1 Å². The summed E-state index contributed by atoms with van der Waals surface area (Å²) in [5.74, 6) is -4.28. The van der Waals surface area contributed by atoms with Crippen molar-refractivity contribution in [2.24, 2.45) is 11.3 Å². The summed E-state index contributed by atoms with van der Waals surface area (Å²) in [5, 5.41) is 0. The Morgan fingerprint density at radius 1 is 1.38 bits per heavy atom. The van der Waals surface area contributed by atoms with Crippen molar-refractivity contribution in [2.45, 2.75) is 25.2 Å². The van der Waals surface area contributed by atoms with Crippen molar-refractivity contribution in [3.8, 4) is 0 Å². The second-order valence-corrected chi connectivity index (χ2v) is 5.35. The van der Waals surface area contributed by atoms with Gasteiger partial charge in [-0.2, -0.15) is 8.42 Å². The molecule has 0 heterocycles. The van der Waals surface area contributed by atoms with Crippen molar-refractivity contribution < 1.29 is 21.1 Å². The molecule has 0 unspecified atom stereocenters. The van der Waals surface area contributed by atoms with Gasteiger partial charge in [0.15, 0.2) is 0 Å². The highest BCUT2D eigenvalue weighted by Crippen LogP contribution is 2.70. The Balaban J connectivity index is 2.24. The third-order valence-electron chi connectivity index (χ3n) is 3.20. The van der Waals surface area contributed by atoms with Crippen LogP contribution in [-0.2, 0) is 10.2 Å². The first kappa shape index (κ1) is 9.30. The molecule has 0 saturated heterocycles. The van der Waals surface area contributed by atoms with Gasteiger partial charge in [-0.15, -0.1) is 3.89 Å². The predicted octanol–water partition coefficient (Wildman–Crippen LogP) is 1.72. The van der Waals surface area contributed by atoms with Gasteiger partial charge in [-0.05, 0) is 18.8 Å². The van der Waals surface area contributed by atoms with Crippen LogP contribution in [0.2, 0.25) is 0 Å². The van der Waals surface area contributed by atoms with Crippen LogP contribution in [0.5, 0.6) is 0 Å². The highest BCUT2D eigenvalue weighted by molar-refractivity contribution is 7.86. The van der Waals surface area contributed by atoms with Crippen molar-refractivity contribution in [3.05, 3.63) is 0 Å². The first-order valence-corrected chi connectivity index (χ1v) is 5.62. The summed E-state index contributed by atoms with van der Waals surface area (Å²) in [7, 11) is -4.78. The summed E-state index contributed by atoms with van der Waals surface area (Å²) in [6, 6.07) is 0. The fraction of sp³-hybridized carbons (Fsp3) is 1.00. The quantitative estimate of drug-likeness (QED) is 0.656. The van der Waals surface area contributed by atoms with Crippen LogP contribution >= 0.6 is 0 Å². The molecule has 6 heteroatoms. The summed E-state index contributed by atoms with van der Waals surface area (Å²) < 4.78 is 59.2. The Morgan fingerprint density at radius 2 is 2.00 bits per heavy atom. The van der Waals surface area contributed by atoms with Crippen LogP contribution < -0.4 is 0 Å². The number of hydrogen-bond donors (Lipinski definition) is 0. The molecular weight excluding hydrogens is 205 g/mol. The van der Waals surface area contributed by atoms with E-state index in [4.69, 9.17) is 0 Å². The number of hydrogen-bond acceptors (Lipinski definition) is 2. The summed E-state index contributed by atoms with van der Waals surface area (Å²) in [6.45, 7) is 0. The molecular formula is C7H9F3O2S. The lowest BCUT2D eigenvalue weighted by molar-refractivity contribution is -0.0535. The van der Waals surface area contributed by atoms with Crippen molar-refractivity contribution in [1.82, 2.24) is 0 Å². The predicted molar refractivity (Wildman–Crippen MR) is 39.6 cm³/mol. The largest absolute Gasteiger partial charge is 0.303 e. The zero-order valence-corrected chi connectivity index (χ0v) is 7.58. The molecule has 0 aromatic rings. The van der Waals surface area contributed by atoms with Gasteiger partial charge in [0.2, 0.25) is 0 Å². The van der Waals surface area contributed by atoms with E-state index in [1.165, 1.54) is 0 Å². The molecule has 0 N–H and O–H groups in total. The first-order valence-electron chi connectivity index (χ1n) is 4.07. The van der Waals surface area contributed by atoms with Gasteiger partial charge in [0.05, 0.1) is 11.2 Å². The van der Waals surface area contributed by atoms with Gasteiger partial charge >= 0.3 is 10.2 Å². The van der Waals surface area contributed by atoms with Gasteiger partial charge in [0.25, 0.3) is 5.92 Å². The fourth-order valence-corrected chi connectivity index (χ4v) is 3.58. The van der Waals surface area contributed by atoms with Gasteiger partial charge in [-0.3, -0.25) is 0 Å². The summed E-state index contributed by atoms with van der Waals surface area (Å²) in [5.41, 5.74) is -1.55. The molecule has 2 saturated carbocycles. The SMILES string of the molecule is O=S(=O)(F)C[C@]12C[C@H]1CCC2(F)F. The molecule has 0 amide bonds. The molecule has 2 atom stereocenters. The molecule has 2 aliphatic carbocycles. The molecule has 0 aromatic carbocycles. The maximum absolute atomic E-state index is 13.1. The highest BCUT2D eigenvalue weighted by atomic mass is 32.3. The Morgan fingerprint density at radius 3 is 2.31 bits per heavy atom. The van der Waals surface area contributed by atoms with E-state index in [2.05, 4.69) is 0 Å². The third kappa shape index (κ3) is 1.26. The molecule has 0 bridgehead atoms. The van der Waals surface area contributed by atoms with E-state index in [1.54, 1.807) is 0 Å². The van der Waals surface area contributed by atoms with Crippen molar-refractivity contribution in [2.75, 3.05) is 5.75 Å². The van der Waals surface area contributed by atoms with E-state index in [1.807, 2.05) is 0 Å². The van der Waals surface area contributed by atoms with Crippen LogP contribution in [0.25, 0.3) is 0 Å². The lowest BCUT2D eigenvalue weighted by atomic mass is 10.0.